The summed E-state index contributed by atoms with van der Waals surface area (Å²) in [6.07, 6.45) is 4.83. The lowest BCUT2D eigenvalue weighted by molar-refractivity contribution is -0.124. The number of likely N-dealkylation sites (N-methyl/N-ethyl adjacent to an activating group) is 1. The molecule has 30 heavy (non-hydrogen) atoms. The summed E-state index contributed by atoms with van der Waals surface area (Å²) >= 11 is 0. The van der Waals surface area contributed by atoms with Crippen LogP contribution in [0.1, 0.15) is 31.4 Å². The number of likely N-dealkylation sites (tertiary alicyclic amines) is 1. The SMILES string of the molecule is CCN1CCC[C@@H](n2c(-c3cc(/C=C/C(=O)NO)ccc3F)nc3ccccc32)C1. The fraction of sp³-hybridized carbons (Fsp3) is 0.304. The van der Waals surface area contributed by atoms with Crippen molar-refractivity contribution in [1.82, 2.24) is 19.9 Å². The average Bonchev–Trinajstić information content (AvgIpc) is 3.17. The monoisotopic (exact) mass is 408 g/mol. The number of benzene rings is 2. The first-order valence-electron chi connectivity index (χ1n) is 10.2. The van der Waals surface area contributed by atoms with Crippen molar-refractivity contribution in [2.24, 2.45) is 0 Å². The molecule has 1 aliphatic rings. The lowest BCUT2D eigenvalue weighted by atomic mass is 10.0. The molecule has 1 saturated heterocycles. The van der Waals surface area contributed by atoms with E-state index in [1.807, 2.05) is 24.3 Å². The van der Waals surface area contributed by atoms with E-state index in [2.05, 4.69) is 16.4 Å². The number of carbonyl (C=O) groups is 1. The van der Waals surface area contributed by atoms with Crippen LogP contribution in [0.3, 0.4) is 0 Å². The minimum absolute atomic E-state index is 0.208. The maximum absolute atomic E-state index is 14.9. The van der Waals surface area contributed by atoms with Crippen LogP contribution in [0.4, 0.5) is 4.39 Å². The minimum atomic E-state index is -0.644. The number of hydroxylamine groups is 1. The molecule has 1 atom stereocenters. The number of carbonyl (C=O) groups excluding carboxylic acids is 1. The van der Waals surface area contributed by atoms with Crippen molar-refractivity contribution in [1.29, 1.82) is 0 Å². The first-order chi connectivity index (χ1) is 14.6. The van der Waals surface area contributed by atoms with Crippen LogP contribution in [0, 0.1) is 5.82 Å². The van der Waals surface area contributed by atoms with Gasteiger partial charge in [-0.25, -0.2) is 14.9 Å². The highest BCUT2D eigenvalue weighted by Crippen LogP contribution is 2.34. The Kier molecular flexibility index (Phi) is 5.92. The zero-order valence-electron chi connectivity index (χ0n) is 16.9. The van der Waals surface area contributed by atoms with Crippen molar-refractivity contribution < 1.29 is 14.4 Å². The highest BCUT2D eigenvalue weighted by Gasteiger charge is 2.26. The van der Waals surface area contributed by atoms with Crippen LogP contribution in [0.15, 0.2) is 48.5 Å². The van der Waals surface area contributed by atoms with Crippen LogP contribution in [-0.4, -0.2) is 45.2 Å². The molecule has 1 aliphatic heterocycles. The van der Waals surface area contributed by atoms with E-state index in [1.165, 1.54) is 18.2 Å². The summed E-state index contributed by atoms with van der Waals surface area (Å²) < 4.78 is 17.1. The molecule has 0 bridgehead atoms. The predicted molar refractivity (Wildman–Crippen MR) is 114 cm³/mol. The van der Waals surface area contributed by atoms with Gasteiger partial charge >= 0.3 is 0 Å². The third-order valence-corrected chi connectivity index (χ3v) is 5.66. The van der Waals surface area contributed by atoms with Gasteiger partial charge in [0.15, 0.2) is 0 Å². The summed E-state index contributed by atoms with van der Waals surface area (Å²) in [5.41, 5.74) is 4.42. The van der Waals surface area contributed by atoms with Gasteiger partial charge in [-0.2, -0.15) is 0 Å². The van der Waals surface area contributed by atoms with Gasteiger partial charge in [0, 0.05) is 18.7 Å². The zero-order valence-corrected chi connectivity index (χ0v) is 16.9. The van der Waals surface area contributed by atoms with E-state index in [-0.39, 0.29) is 11.9 Å². The molecule has 3 aromatic rings. The predicted octanol–water partition coefficient (Wildman–Crippen LogP) is 4.02. The molecule has 1 fully saturated rings. The van der Waals surface area contributed by atoms with E-state index >= 15 is 0 Å². The molecular formula is C23H25FN4O2. The van der Waals surface area contributed by atoms with Crippen LogP contribution in [0.25, 0.3) is 28.5 Å². The van der Waals surface area contributed by atoms with Gasteiger partial charge in [-0.3, -0.25) is 10.0 Å². The quantitative estimate of drug-likeness (QED) is 0.380. The molecule has 6 nitrogen and oxygen atoms in total. The number of para-hydroxylation sites is 2. The number of aromatic nitrogens is 2. The van der Waals surface area contributed by atoms with Crippen molar-refractivity contribution in [3.8, 4) is 11.4 Å². The molecule has 4 rings (SSSR count). The fourth-order valence-electron chi connectivity index (χ4n) is 4.16. The number of halogens is 1. The normalized spacial score (nSPS) is 17.6. The number of piperidine rings is 1. The number of nitrogens with zero attached hydrogens (tertiary/aromatic N) is 3. The first-order valence-corrected chi connectivity index (χ1v) is 10.2. The molecule has 0 aliphatic carbocycles. The number of hydrogen-bond acceptors (Lipinski definition) is 4. The maximum Gasteiger partial charge on any atom is 0.267 e. The first kappa shape index (κ1) is 20.3. The Morgan fingerprint density at radius 1 is 1.33 bits per heavy atom. The van der Waals surface area contributed by atoms with E-state index in [0.29, 0.717) is 17.0 Å². The van der Waals surface area contributed by atoms with E-state index in [1.54, 1.807) is 17.6 Å². The number of rotatable bonds is 5. The Hall–Kier alpha value is -3.03. The summed E-state index contributed by atoms with van der Waals surface area (Å²) in [6, 6.07) is 12.8. The largest absolute Gasteiger partial charge is 0.319 e. The lowest BCUT2D eigenvalue weighted by Gasteiger charge is -2.33. The Labute approximate surface area is 174 Å². The molecule has 2 heterocycles. The highest BCUT2D eigenvalue weighted by molar-refractivity contribution is 5.91. The van der Waals surface area contributed by atoms with Crippen LogP contribution in [0.2, 0.25) is 0 Å². The van der Waals surface area contributed by atoms with Gasteiger partial charge in [-0.15, -0.1) is 0 Å². The molecule has 0 unspecified atom stereocenters. The third kappa shape index (κ3) is 3.99. The summed E-state index contributed by atoms with van der Waals surface area (Å²) in [5, 5.41) is 8.66. The maximum atomic E-state index is 14.9. The van der Waals surface area contributed by atoms with Gasteiger partial charge in [0.2, 0.25) is 0 Å². The molecule has 1 aromatic heterocycles. The molecule has 0 radical (unpaired) electrons. The highest BCUT2D eigenvalue weighted by atomic mass is 19.1. The Morgan fingerprint density at radius 3 is 2.97 bits per heavy atom. The number of imidazole rings is 1. The summed E-state index contributed by atoms with van der Waals surface area (Å²) in [6.45, 7) is 5.13. The van der Waals surface area contributed by atoms with E-state index in [0.717, 1.165) is 43.5 Å². The molecule has 156 valence electrons. The van der Waals surface area contributed by atoms with E-state index in [4.69, 9.17) is 10.2 Å². The molecule has 7 heteroatoms. The Balaban J connectivity index is 1.83. The van der Waals surface area contributed by atoms with Crippen molar-refractivity contribution in [2.45, 2.75) is 25.8 Å². The summed E-state index contributed by atoms with van der Waals surface area (Å²) in [7, 11) is 0. The van der Waals surface area contributed by atoms with Gasteiger partial charge in [0.05, 0.1) is 16.6 Å². The number of nitrogens with one attached hydrogen (secondary N) is 1. The fourth-order valence-corrected chi connectivity index (χ4v) is 4.16. The van der Waals surface area contributed by atoms with Crippen molar-refractivity contribution in [3.63, 3.8) is 0 Å². The second kappa shape index (κ2) is 8.77. The summed E-state index contributed by atoms with van der Waals surface area (Å²) in [5.74, 6) is -0.410. The topological polar surface area (TPSA) is 70.4 Å². The number of amides is 1. The molecule has 0 spiro atoms. The van der Waals surface area contributed by atoms with Crippen LogP contribution >= 0.6 is 0 Å². The zero-order chi connectivity index (χ0) is 21.1. The van der Waals surface area contributed by atoms with Gasteiger partial charge in [-0.1, -0.05) is 25.1 Å². The van der Waals surface area contributed by atoms with Gasteiger partial charge in [-0.05, 0) is 61.8 Å². The van der Waals surface area contributed by atoms with Gasteiger partial charge in [0.25, 0.3) is 5.91 Å². The number of hydrogen-bond donors (Lipinski definition) is 2. The van der Waals surface area contributed by atoms with Gasteiger partial charge < -0.3 is 9.47 Å². The second-order valence-electron chi connectivity index (χ2n) is 7.53. The van der Waals surface area contributed by atoms with E-state index < -0.39 is 5.91 Å². The van der Waals surface area contributed by atoms with Gasteiger partial charge in [0.1, 0.15) is 11.6 Å². The molecule has 0 saturated carbocycles. The standard InChI is InChI=1S/C23H25FN4O2/c1-2-27-13-5-6-17(15-27)28-21-8-4-3-7-20(21)25-23(28)18-14-16(9-11-19(18)24)10-12-22(29)26-30/h3-4,7-12,14,17,30H,2,5-6,13,15H2,1H3,(H,26,29)/b12-10+/t17-/m1/s1. The third-order valence-electron chi connectivity index (χ3n) is 5.66. The van der Waals surface area contributed by atoms with E-state index in [9.17, 15) is 9.18 Å². The van der Waals surface area contributed by atoms with Crippen LogP contribution in [0.5, 0.6) is 0 Å². The molecule has 2 aromatic carbocycles. The van der Waals surface area contributed by atoms with Crippen LogP contribution < -0.4 is 5.48 Å². The van der Waals surface area contributed by atoms with Crippen LogP contribution in [-0.2, 0) is 4.79 Å². The number of fused-ring (bicyclic) bond motifs is 1. The summed E-state index contributed by atoms with van der Waals surface area (Å²) in [4.78, 5) is 18.5. The molecular weight excluding hydrogens is 383 g/mol. The molecule has 1 amide bonds. The lowest BCUT2D eigenvalue weighted by Crippen LogP contribution is -2.36. The van der Waals surface area contributed by atoms with Crippen molar-refractivity contribution >= 4 is 23.0 Å². The molecule has 2 N–H and O–H groups in total. The van der Waals surface area contributed by atoms with Crippen molar-refractivity contribution in [3.05, 3.63) is 59.9 Å². The van der Waals surface area contributed by atoms with Crippen molar-refractivity contribution in [2.75, 3.05) is 19.6 Å². The Morgan fingerprint density at radius 2 is 2.17 bits per heavy atom. The second-order valence-corrected chi connectivity index (χ2v) is 7.53. The average molecular weight is 408 g/mol. The smallest absolute Gasteiger partial charge is 0.267 e. The minimum Gasteiger partial charge on any atom is -0.319 e. The Bertz CT molecular complexity index is 1090.